The average Bonchev–Trinajstić information content (AvgIpc) is 2.50. The summed E-state index contributed by atoms with van der Waals surface area (Å²) in [5.41, 5.74) is -0.281. The fraction of sp³-hybridized carbons (Fsp3) is 0.588. The lowest BCUT2D eigenvalue weighted by Crippen LogP contribution is -2.49. The minimum absolute atomic E-state index is 0.0147. The third-order valence-electron chi connectivity index (χ3n) is 3.78. The standard InChI is InChI=1S/C17H23BrF2N2O2/c1-17(2,3)24-16(23)22-8-4-5-11(10-22)21-9-12-13(19)6-7-14(20)15(12)18/h6-7,11,21H,4-5,8-10H2,1-3H3. The Kier molecular flexibility index (Phi) is 6.20. The molecule has 24 heavy (non-hydrogen) atoms. The maximum absolute atomic E-state index is 13.9. The van der Waals surface area contributed by atoms with Crippen molar-refractivity contribution in [3.8, 4) is 0 Å². The van der Waals surface area contributed by atoms with E-state index in [-0.39, 0.29) is 28.7 Å². The van der Waals surface area contributed by atoms with Gasteiger partial charge in [0.2, 0.25) is 0 Å². The molecule has 4 nitrogen and oxygen atoms in total. The summed E-state index contributed by atoms with van der Waals surface area (Å²) in [5.74, 6) is -0.956. The van der Waals surface area contributed by atoms with Crippen LogP contribution < -0.4 is 5.32 Å². The van der Waals surface area contributed by atoms with E-state index in [9.17, 15) is 13.6 Å². The Morgan fingerprint density at radius 1 is 1.38 bits per heavy atom. The molecule has 1 aromatic carbocycles. The number of ether oxygens (including phenoxy) is 1. The van der Waals surface area contributed by atoms with Crippen molar-refractivity contribution < 1.29 is 18.3 Å². The molecular formula is C17H23BrF2N2O2. The monoisotopic (exact) mass is 404 g/mol. The SMILES string of the molecule is CC(C)(C)OC(=O)N1CCCC(NCc2c(F)ccc(F)c2Br)C1. The van der Waals surface area contributed by atoms with Crippen molar-refractivity contribution in [1.82, 2.24) is 10.2 Å². The third-order valence-corrected chi connectivity index (χ3v) is 4.64. The van der Waals surface area contributed by atoms with E-state index in [1.807, 2.05) is 20.8 Å². The predicted molar refractivity (Wildman–Crippen MR) is 91.7 cm³/mol. The third kappa shape index (κ3) is 5.14. The largest absolute Gasteiger partial charge is 0.444 e. The number of hydrogen-bond acceptors (Lipinski definition) is 3. The van der Waals surface area contributed by atoms with Crippen LogP contribution in [-0.2, 0) is 11.3 Å². The maximum Gasteiger partial charge on any atom is 0.410 e. The fourth-order valence-electron chi connectivity index (χ4n) is 2.61. The van der Waals surface area contributed by atoms with Crippen LogP contribution in [0, 0.1) is 11.6 Å². The first kappa shape index (κ1) is 19.1. The number of halogens is 3. The number of hydrogen-bond donors (Lipinski definition) is 1. The molecule has 2 rings (SSSR count). The van der Waals surface area contributed by atoms with Gasteiger partial charge >= 0.3 is 6.09 Å². The van der Waals surface area contributed by atoms with Crippen LogP contribution >= 0.6 is 15.9 Å². The zero-order chi connectivity index (χ0) is 17.9. The highest BCUT2D eigenvalue weighted by Gasteiger charge is 2.27. The van der Waals surface area contributed by atoms with E-state index in [2.05, 4.69) is 21.2 Å². The Hall–Kier alpha value is -1.21. The fourth-order valence-corrected chi connectivity index (χ4v) is 3.08. The van der Waals surface area contributed by atoms with Gasteiger partial charge in [-0.3, -0.25) is 0 Å². The molecule has 1 fully saturated rings. The highest BCUT2D eigenvalue weighted by molar-refractivity contribution is 9.10. The summed E-state index contributed by atoms with van der Waals surface area (Å²) < 4.78 is 32.9. The van der Waals surface area contributed by atoms with E-state index in [1.54, 1.807) is 4.90 Å². The Morgan fingerprint density at radius 3 is 2.71 bits per heavy atom. The normalized spacial score (nSPS) is 18.6. The lowest BCUT2D eigenvalue weighted by atomic mass is 10.1. The summed E-state index contributed by atoms with van der Waals surface area (Å²) in [5, 5.41) is 3.21. The lowest BCUT2D eigenvalue weighted by Gasteiger charge is -2.34. The molecule has 1 aliphatic rings. The van der Waals surface area contributed by atoms with Crippen LogP contribution in [0.15, 0.2) is 16.6 Å². The minimum atomic E-state index is -0.535. The minimum Gasteiger partial charge on any atom is -0.444 e. The molecule has 7 heteroatoms. The molecule has 1 heterocycles. The molecule has 1 atom stereocenters. The van der Waals surface area contributed by atoms with Crippen LogP contribution in [0.4, 0.5) is 13.6 Å². The van der Waals surface area contributed by atoms with Crippen molar-refractivity contribution >= 4 is 22.0 Å². The van der Waals surface area contributed by atoms with E-state index in [0.29, 0.717) is 13.1 Å². The second kappa shape index (κ2) is 7.78. The second-order valence-corrected chi connectivity index (χ2v) is 7.76. The van der Waals surface area contributed by atoms with Crippen molar-refractivity contribution in [2.24, 2.45) is 0 Å². The van der Waals surface area contributed by atoms with Crippen LogP contribution in [0.25, 0.3) is 0 Å². The molecule has 1 unspecified atom stereocenters. The molecule has 0 aromatic heterocycles. The summed E-state index contributed by atoms with van der Waals surface area (Å²) in [6.45, 7) is 6.81. The summed E-state index contributed by atoms with van der Waals surface area (Å²) in [6.07, 6.45) is 1.37. The number of amides is 1. The zero-order valence-corrected chi connectivity index (χ0v) is 15.8. The number of benzene rings is 1. The Bertz CT molecular complexity index is 605. The van der Waals surface area contributed by atoms with Crippen molar-refractivity contribution in [1.29, 1.82) is 0 Å². The molecule has 0 saturated carbocycles. The average molecular weight is 405 g/mol. The number of likely N-dealkylation sites (tertiary alicyclic amines) is 1. The number of carbonyl (C=O) groups excluding carboxylic acids is 1. The van der Waals surface area contributed by atoms with Crippen LogP contribution in [0.1, 0.15) is 39.2 Å². The molecule has 1 aliphatic heterocycles. The summed E-state index contributed by atoms with van der Waals surface area (Å²) in [4.78, 5) is 13.8. The zero-order valence-electron chi connectivity index (χ0n) is 14.2. The number of rotatable bonds is 3. The number of nitrogens with one attached hydrogen (secondary N) is 1. The van der Waals surface area contributed by atoms with E-state index in [4.69, 9.17) is 4.74 Å². The molecule has 134 valence electrons. The Balaban J connectivity index is 1.94. The highest BCUT2D eigenvalue weighted by Crippen LogP contribution is 2.24. The van der Waals surface area contributed by atoms with Gasteiger partial charge in [-0.15, -0.1) is 0 Å². The molecule has 0 bridgehead atoms. The van der Waals surface area contributed by atoms with Crippen LogP contribution in [0.5, 0.6) is 0 Å². The van der Waals surface area contributed by atoms with Crippen molar-refractivity contribution in [3.63, 3.8) is 0 Å². The molecule has 1 saturated heterocycles. The van der Waals surface area contributed by atoms with E-state index >= 15 is 0 Å². The molecule has 1 N–H and O–H groups in total. The van der Waals surface area contributed by atoms with Crippen molar-refractivity contribution in [3.05, 3.63) is 33.8 Å². The maximum atomic E-state index is 13.9. The molecule has 1 aromatic rings. The van der Waals surface area contributed by atoms with E-state index < -0.39 is 17.2 Å². The van der Waals surface area contributed by atoms with Gasteiger partial charge in [0.15, 0.2) is 0 Å². The van der Waals surface area contributed by atoms with Gasteiger partial charge in [0.1, 0.15) is 17.2 Å². The number of piperidine rings is 1. The second-order valence-electron chi connectivity index (χ2n) is 6.97. The lowest BCUT2D eigenvalue weighted by molar-refractivity contribution is 0.0187. The van der Waals surface area contributed by atoms with Gasteiger partial charge in [-0.1, -0.05) is 0 Å². The number of carbonyl (C=O) groups is 1. The van der Waals surface area contributed by atoms with Gasteiger partial charge in [0.05, 0.1) is 4.47 Å². The molecule has 1 amide bonds. The topological polar surface area (TPSA) is 41.6 Å². The summed E-state index contributed by atoms with van der Waals surface area (Å²) >= 11 is 3.08. The molecule has 0 spiro atoms. The summed E-state index contributed by atoms with van der Waals surface area (Å²) in [7, 11) is 0. The van der Waals surface area contributed by atoms with Gasteiger partial charge in [-0.05, 0) is 61.7 Å². The predicted octanol–water partition coefficient (Wildman–Crippen LogP) is 4.22. The molecule has 0 aliphatic carbocycles. The van der Waals surface area contributed by atoms with E-state index in [1.165, 1.54) is 0 Å². The molecule has 0 radical (unpaired) electrons. The first-order valence-electron chi connectivity index (χ1n) is 8.01. The van der Waals surface area contributed by atoms with Crippen LogP contribution in [-0.4, -0.2) is 35.7 Å². The highest BCUT2D eigenvalue weighted by atomic mass is 79.9. The van der Waals surface area contributed by atoms with Gasteiger partial charge in [0.25, 0.3) is 0 Å². The number of nitrogens with zero attached hydrogens (tertiary/aromatic N) is 1. The van der Waals surface area contributed by atoms with Gasteiger partial charge < -0.3 is 15.0 Å². The smallest absolute Gasteiger partial charge is 0.410 e. The van der Waals surface area contributed by atoms with Crippen molar-refractivity contribution in [2.75, 3.05) is 13.1 Å². The van der Waals surface area contributed by atoms with Gasteiger partial charge in [-0.25, -0.2) is 13.6 Å². The Morgan fingerprint density at radius 2 is 2.04 bits per heavy atom. The summed E-state index contributed by atoms with van der Waals surface area (Å²) in [6, 6.07) is 2.22. The van der Waals surface area contributed by atoms with Crippen molar-refractivity contribution in [2.45, 2.75) is 51.8 Å². The van der Waals surface area contributed by atoms with Gasteiger partial charge in [-0.2, -0.15) is 0 Å². The van der Waals surface area contributed by atoms with Crippen LogP contribution in [0.2, 0.25) is 0 Å². The Labute approximate surface area is 149 Å². The quantitative estimate of drug-likeness (QED) is 0.766. The van der Waals surface area contributed by atoms with Gasteiger partial charge in [0, 0.05) is 31.2 Å². The molecular weight excluding hydrogens is 382 g/mol. The first-order chi connectivity index (χ1) is 11.2. The van der Waals surface area contributed by atoms with Crippen LogP contribution in [0.3, 0.4) is 0 Å². The first-order valence-corrected chi connectivity index (χ1v) is 8.80. The van der Waals surface area contributed by atoms with E-state index in [0.717, 1.165) is 25.0 Å².